The number of hydrogen-bond donors (Lipinski definition) is 0. The number of nitrogens with zero attached hydrogens (tertiary/aromatic N) is 2. The van der Waals surface area contributed by atoms with E-state index in [9.17, 15) is 9.59 Å². The summed E-state index contributed by atoms with van der Waals surface area (Å²) in [4.78, 5) is 27.6. The minimum atomic E-state index is -0.534. The molecule has 1 aliphatic rings. The van der Waals surface area contributed by atoms with Gasteiger partial charge in [0.2, 0.25) is 0 Å². The van der Waals surface area contributed by atoms with Crippen LogP contribution in [0.2, 0.25) is 0 Å². The zero-order chi connectivity index (χ0) is 16.1. The molecule has 0 saturated heterocycles. The van der Waals surface area contributed by atoms with Crippen molar-refractivity contribution in [1.29, 1.82) is 0 Å². The van der Waals surface area contributed by atoms with Crippen molar-refractivity contribution in [2.24, 2.45) is 0 Å². The van der Waals surface area contributed by atoms with Crippen molar-refractivity contribution in [2.45, 2.75) is 26.4 Å². The fourth-order valence-corrected chi connectivity index (χ4v) is 2.49. The molecular formula is C16H20N2O4. The van der Waals surface area contributed by atoms with Crippen LogP contribution in [0.1, 0.15) is 20.3 Å². The number of para-hydroxylation sites is 2. The Labute approximate surface area is 129 Å². The first-order valence-electron chi connectivity index (χ1n) is 7.27. The molecule has 0 radical (unpaired) electrons. The van der Waals surface area contributed by atoms with E-state index < -0.39 is 18.4 Å². The maximum absolute atomic E-state index is 12.3. The molecule has 1 aliphatic heterocycles. The van der Waals surface area contributed by atoms with Crippen molar-refractivity contribution in [1.82, 2.24) is 0 Å². The highest BCUT2D eigenvalue weighted by Gasteiger charge is 2.43. The summed E-state index contributed by atoms with van der Waals surface area (Å²) in [5.74, 6) is 0. The summed E-state index contributed by atoms with van der Waals surface area (Å²) in [6.07, 6.45) is 0.552. The quantitative estimate of drug-likeness (QED) is 0.798. The average molecular weight is 304 g/mol. The number of benzene rings is 1. The van der Waals surface area contributed by atoms with Gasteiger partial charge in [0.1, 0.15) is 6.17 Å². The second-order valence-electron chi connectivity index (χ2n) is 4.63. The van der Waals surface area contributed by atoms with Crippen LogP contribution in [0.3, 0.4) is 0 Å². The first-order chi connectivity index (χ1) is 10.7. The number of carbonyl (C=O) groups is 2. The molecule has 6 heteroatoms. The highest BCUT2D eigenvalue weighted by atomic mass is 16.6. The third-order valence-electron chi connectivity index (χ3n) is 3.30. The van der Waals surface area contributed by atoms with E-state index in [-0.39, 0.29) is 13.2 Å². The third kappa shape index (κ3) is 2.77. The summed E-state index contributed by atoms with van der Waals surface area (Å²) in [5, 5.41) is 0. The SMILES string of the molecule is C=CCC1N(C(=O)OCC)c2ccccc2N1C(=O)OCC. The first kappa shape index (κ1) is 15.9. The highest BCUT2D eigenvalue weighted by molar-refractivity contribution is 6.04. The minimum Gasteiger partial charge on any atom is -0.449 e. The molecule has 1 aromatic carbocycles. The van der Waals surface area contributed by atoms with E-state index in [1.54, 1.807) is 32.1 Å². The summed E-state index contributed by atoms with van der Waals surface area (Å²) in [6, 6.07) is 7.18. The van der Waals surface area contributed by atoms with Gasteiger partial charge < -0.3 is 9.47 Å². The van der Waals surface area contributed by atoms with E-state index in [1.165, 1.54) is 9.80 Å². The molecule has 0 N–H and O–H groups in total. The molecule has 0 atom stereocenters. The van der Waals surface area contributed by atoms with Crippen LogP contribution in [-0.4, -0.2) is 31.6 Å². The second kappa shape index (κ2) is 6.98. The lowest BCUT2D eigenvalue weighted by atomic mass is 10.2. The van der Waals surface area contributed by atoms with Gasteiger partial charge in [-0.05, 0) is 26.0 Å². The maximum Gasteiger partial charge on any atom is 0.416 e. The van der Waals surface area contributed by atoms with Crippen LogP contribution >= 0.6 is 0 Å². The second-order valence-corrected chi connectivity index (χ2v) is 4.63. The molecule has 1 heterocycles. The minimum absolute atomic E-state index is 0.262. The number of carbonyl (C=O) groups excluding carboxylic acids is 2. The monoisotopic (exact) mass is 304 g/mol. The zero-order valence-electron chi connectivity index (χ0n) is 12.8. The Hall–Kier alpha value is -2.50. The van der Waals surface area contributed by atoms with Crippen LogP contribution < -0.4 is 9.80 Å². The van der Waals surface area contributed by atoms with Crippen molar-refractivity contribution in [3.63, 3.8) is 0 Å². The summed E-state index contributed by atoms with van der Waals surface area (Å²) in [6.45, 7) is 7.72. The van der Waals surface area contributed by atoms with E-state index in [4.69, 9.17) is 9.47 Å². The van der Waals surface area contributed by atoms with Crippen molar-refractivity contribution >= 4 is 23.6 Å². The van der Waals surface area contributed by atoms with Crippen LogP contribution in [0.15, 0.2) is 36.9 Å². The Balaban J connectivity index is 2.47. The zero-order valence-corrected chi connectivity index (χ0v) is 12.8. The molecule has 2 amide bonds. The van der Waals surface area contributed by atoms with Crippen LogP contribution in [0.25, 0.3) is 0 Å². The van der Waals surface area contributed by atoms with Crippen molar-refractivity contribution in [3.8, 4) is 0 Å². The maximum atomic E-state index is 12.3. The van der Waals surface area contributed by atoms with Gasteiger partial charge in [-0.15, -0.1) is 6.58 Å². The van der Waals surface area contributed by atoms with Gasteiger partial charge in [0.25, 0.3) is 0 Å². The molecule has 0 aliphatic carbocycles. The highest BCUT2D eigenvalue weighted by Crippen LogP contribution is 2.41. The summed E-state index contributed by atoms with van der Waals surface area (Å²) in [5.41, 5.74) is 1.25. The van der Waals surface area contributed by atoms with E-state index in [1.807, 2.05) is 12.1 Å². The number of amides is 2. The number of rotatable bonds is 4. The smallest absolute Gasteiger partial charge is 0.416 e. The van der Waals surface area contributed by atoms with Gasteiger partial charge in [0, 0.05) is 6.42 Å². The molecule has 0 aromatic heterocycles. The molecule has 2 rings (SSSR count). The number of anilines is 2. The Morgan fingerprint density at radius 1 is 1.09 bits per heavy atom. The van der Waals surface area contributed by atoms with Gasteiger partial charge in [0.15, 0.2) is 0 Å². The van der Waals surface area contributed by atoms with Gasteiger partial charge >= 0.3 is 12.2 Å². The van der Waals surface area contributed by atoms with Gasteiger partial charge in [-0.25, -0.2) is 9.59 Å². The van der Waals surface area contributed by atoms with Crippen LogP contribution in [0.4, 0.5) is 21.0 Å². The average Bonchev–Trinajstić information content (AvgIpc) is 2.82. The van der Waals surface area contributed by atoms with Crippen molar-refractivity contribution < 1.29 is 19.1 Å². The molecule has 22 heavy (non-hydrogen) atoms. The first-order valence-corrected chi connectivity index (χ1v) is 7.27. The number of fused-ring (bicyclic) bond motifs is 1. The molecule has 0 fully saturated rings. The Morgan fingerprint density at radius 2 is 1.55 bits per heavy atom. The topological polar surface area (TPSA) is 59.1 Å². The lowest BCUT2D eigenvalue weighted by molar-refractivity contribution is 0.152. The van der Waals surface area contributed by atoms with E-state index >= 15 is 0 Å². The molecule has 1 aromatic rings. The van der Waals surface area contributed by atoms with E-state index in [0.29, 0.717) is 17.8 Å². The predicted molar refractivity (Wildman–Crippen MR) is 84.0 cm³/mol. The Bertz CT molecular complexity index is 528. The summed E-state index contributed by atoms with van der Waals surface area (Å²) in [7, 11) is 0. The standard InChI is InChI=1S/C16H20N2O4/c1-4-9-14-17(15(19)21-5-2)12-10-7-8-11-13(12)18(14)16(20)22-6-3/h4,7-8,10-11,14H,1,5-6,9H2,2-3H3. The summed E-state index contributed by atoms with van der Waals surface area (Å²) < 4.78 is 10.2. The molecule has 6 nitrogen and oxygen atoms in total. The molecule has 0 spiro atoms. The molecule has 0 unspecified atom stereocenters. The lowest BCUT2D eigenvalue weighted by Gasteiger charge is -2.28. The molecule has 118 valence electrons. The van der Waals surface area contributed by atoms with Crippen LogP contribution in [-0.2, 0) is 9.47 Å². The van der Waals surface area contributed by atoms with E-state index in [2.05, 4.69) is 6.58 Å². The number of hydrogen-bond acceptors (Lipinski definition) is 4. The van der Waals surface area contributed by atoms with E-state index in [0.717, 1.165) is 0 Å². The normalized spacial score (nSPS) is 13.7. The summed E-state index contributed by atoms with van der Waals surface area (Å²) >= 11 is 0. The largest absolute Gasteiger partial charge is 0.449 e. The Morgan fingerprint density at radius 3 is 1.91 bits per heavy atom. The fraction of sp³-hybridized carbons (Fsp3) is 0.375. The predicted octanol–water partition coefficient (Wildman–Crippen LogP) is 3.53. The van der Waals surface area contributed by atoms with Crippen LogP contribution in [0, 0.1) is 0 Å². The molecular weight excluding hydrogens is 284 g/mol. The van der Waals surface area contributed by atoms with Gasteiger partial charge in [-0.2, -0.15) is 0 Å². The third-order valence-corrected chi connectivity index (χ3v) is 3.30. The number of ether oxygens (including phenoxy) is 2. The molecule has 0 bridgehead atoms. The Kier molecular flexibility index (Phi) is 5.04. The van der Waals surface area contributed by atoms with Gasteiger partial charge in [-0.3, -0.25) is 9.80 Å². The van der Waals surface area contributed by atoms with Gasteiger partial charge in [-0.1, -0.05) is 18.2 Å². The van der Waals surface area contributed by atoms with Crippen molar-refractivity contribution in [3.05, 3.63) is 36.9 Å². The molecule has 0 saturated carbocycles. The van der Waals surface area contributed by atoms with Crippen molar-refractivity contribution in [2.75, 3.05) is 23.0 Å². The van der Waals surface area contributed by atoms with Crippen LogP contribution in [0.5, 0.6) is 0 Å². The lowest BCUT2D eigenvalue weighted by Crippen LogP contribution is -2.48. The fourth-order valence-electron chi connectivity index (χ4n) is 2.49. The van der Waals surface area contributed by atoms with Gasteiger partial charge in [0.05, 0.1) is 24.6 Å².